The molecule has 0 radical (unpaired) electrons. The highest BCUT2D eigenvalue weighted by Crippen LogP contribution is 2.19. The quantitative estimate of drug-likeness (QED) is 0.860. The zero-order chi connectivity index (χ0) is 16.8. The van der Waals surface area contributed by atoms with Gasteiger partial charge < -0.3 is 15.2 Å². The number of rotatable bonds is 6. The summed E-state index contributed by atoms with van der Waals surface area (Å²) in [5.74, 6) is 0.127. The second kappa shape index (κ2) is 7.74. The number of carbonyl (C=O) groups excluding carboxylic acids is 1. The van der Waals surface area contributed by atoms with Crippen molar-refractivity contribution in [1.82, 2.24) is 5.32 Å². The van der Waals surface area contributed by atoms with Gasteiger partial charge in [0.05, 0.1) is 20.1 Å². The summed E-state index contributed by atoms with van der Waals surface area (Å²) in [7, 11) is 1.59. The molecule has 1 amide bonds. The van der Waals surface area contributed by atoms with Crippen LogP contribution in [0.4, 0.5) is 4.39 Å². The molecule has 0 spiro atoms. The fourth-order valence-electron chi connectivity index (χ4n) is 2.25. The number of aliphatic hydroxyl groups is 1. The minimum atomic E-state index is -0.470. The van der Waals surface area contributed by atoms with Crippen LogP contribution < -0.4 is 10.1 Å². The van der Waals surface area contributed by atoms with E-state index in [0.29, 0.717) is 5.56 Å². The first-order chi connectivity index (χ1) is 11.0. The van der Waals surface area contributed by atoms with Crippen LogP contribution in [-0.4, -0.2) is 18.1 Å². The predicted molar refractivity (Wildman–Crippen MR) is 85.6 cm³/mol. The molecule has 0 aliphatic carbocycles. The van der Waals surface area contributed by atoms with E-state index in [1.54, 1.807) is 13.2 Å². The molecule has 0 atom stereocenters. The molecule has 5 heteroatoms. The van der Waals surface area contributed by atoms with E-state index in [0.717, 1.165) is 16.9 Å². The largest absolute Gasteiger partial charge is 0.496 e. The number of aliphatic hydroxyl groups excluding tert-OH is 1. The summed E-state index contributed by atoms with van der Waals surface area (Å²) in [4.78, 5) is 12.0. The van der Waals surface area contributed by atoms with Crippen LogP contribution in [0.3, 0.4) is 0 Å². The van der Waals surface area contributed by atoms with Crippen molar-refractivity contribution >= 4 is 5.91 Å². The van der Waals surface area contributed by atoms with E-state index >= 15 is 0 Å². The third kappa shape index (κ3) is 4.53. The maximum atomic E-state index is 13.6. The number of aryl methyl sites for hydroxylation is 1. The van der Waals surface area contributed by atoms with Crippen molar-refractivity contribution in [2.45, 2.75) is 26.5 Å². The Morgan fingerprint density at radius 2 is 1.96 bits per heavy atom. The molecule has 0 saturated heterocycles. The zero-order valence-corrected chi connectivity index (χ0v) is 13.2. The van der Waals surface area contributed by atoms with Gasteiger partial charge in [0.2, 0.25) is 5.91 Å². The normalized spacial score (nSPS) is 10.4. The average molecular weight is 317 g/mol. The van der Waals surface area contributed by atoms with Gasteiger partial charge >= 0.3 is 0 Å². The lowest BCUT2D eigenvalue weighted by molar-refractivity contribution is -0.120. The monoisotopic (exact) mass is 317 g/mol. The number of nitrogens with one attached hydrogen (secondary N) is 1. The van der Waals surface area contributed by atoms with Crippen LogP contribution in [-0.2, 0) is 24.4 Å². The molecule has 2 N–H and O–H groups in total. The molecule has 0 aliphatic heterocycles. The van der Waals surface area contributed by atoms with E-state index in [1.165, 1.54) is 12.1 Å². The van der Waals surface area contributed by atoms with Crippen molar-refractivity contribution in [3.63, 3.8) is 0 Å². The summed E-state index contributed by atoms with van der Waals surface area (Å²) in [5.41, 5.74) is 2.75. The molecule has 2 aromatic carbocycles. The molecule has 0 saturated carbocycles. The van der Waals surface area contributed by atoms with E-state index in [-0.39, 0.29) is 31.0 Å². The Bertz CT molecular complexity index is 701. The predicted octanol–water partition coefficient (Wildman–Crippen LogP) is 2.49. The van der Waals surface area contributed by atoms with Crippen molar-refractivity contribution in [3.8, 4) is 5.75 Å². The van der Waals surface area contributed by atoms with Gasteiger partial charge in [-0.05, 0) is 35.7 Å². The number of hydrogen-bond donors (Lipinski definition) is 2. The lowest BCUT2D eigenvalue weighted by Crippen LogP contribution is -2.24. The molecule has 0 fully saturated rings. The SMILES string of the molecule is COc1cc(CC(=O)NCc2ccc(CO)c(F)c2)ccc1C. The molecule has 4 nitrogen and oxygen atoms in total. The number of halogens is 1. The van der Waals surface area contributed by atoms with Gasteiger partial charge in [-0.1, -0.05) is 24.3 Å². The summed E-state index contributed by atoms with van der Waals surface area (Å²) in [6, 6.07) is 10.1. The Morgan fingerprint density at radius 1 is 1.22 bits per heavy atom. The van der Waals surface area contributed by atoms with E-state index < -0.39 is 5.82 Å². The first-order valence-corrected chi connectivity index (χ1v) is 7.32. The van der Waals surface area contributed by atoms with Gasteiger partial charge in [0, 0.05) is 12.1 Å². The van der Waals surface area contributed by atoms with E-state index in [9.17, 15) is 9.18 Å². The molecule has 122 valence electrons. The minimum Gasteiger partial charge on any atom is -0.496 e. The van der Waals surface area contributed by atoms with E-state index in [1.807, 2.05) is 25.1 Å². The summed E-state index contributed by atoms with van der Waals surface area (Å²) in [6.07, 6.45) is 0.230. The Morgan fingerprint density at radius 3 is 2.61 bits per heavy atom. The van der Waals surface area contributed by atoms with Crippen molar-refractivity contribution in [2.24, 2.45) is 0 Å². The summed E-state index contributed by atoms with van der Waals surface area (Å²) >= 11 is 0. The second-order valence-corrected chi connectivity index (χ2v) is 5.34. The van der Waals surface area contributed by atoms with Crippen LogP contribution in [0.2, 0.25) is 0 Å². The topological polar surface area (TPSA) is 58.6 Å². The molecular formula is C18H20FNO3. The average Bonchev–Trinajstić information content (AvgIpc) is 2.55. The van der Waals surface area contributed by atoms with Crippen molar-refractivity contribution in [2.75, 3.05) is 7.11 Å². The Hall–Kier alpha value is -2.40. The fraction of sp³-hybridized carbons (Fsp3) is 0.278. The first kappa shape index (κ1) is 17.0. The number of methoxy groups -OCH3 is 1. The lowest BCUT2D eigenvalue weighted by Gasteiger charge is -2.09. The van der Waals surface area contributed by atoms with Gasteiger partial charge in [-0.2, -0.15) is 0 Å². The maximum absolute atomic E-state index is 13.6. The smallest absolute Gasteiger partial charge is 0.224 e. The fourth-order valence-corrected chi connectivity index (χ4v) is 2.25. The molecule has 0 unspecified atom stereocenters. The maximum Gasteiger partial charge on any atom is 0.224 e. The zero-order valence-electron chi connectivity index (χ0n) is 13.2. The first-order valence-electron chi connectivity index (χ1n) is 7.32. The number of benzene rings is 2. The molecular weight excluding hydrogens is 297 g/mol. The Labute approximate surface area is 134 Å². The number of ether oxygens (including phenoxy) is 1. The number of carbonyl (C=O) groups is 1. The molecule has 0 heterocycles. The van der Waals surface area contributed by atoms with Gasteiger partial charge in [-0.15, -0.1) is 0 Å². The van der Waals surface area contributed by atoms with Gasteiger partial charge in [0.15, 0.2) is 0 Å². The molecule has 0 bridgehead atoms. The van der Waals surface area contributed by atoms with Crippen LogP contribution in [0.1, 0.15) is 22.3 Å². The highest BCUT2D eigenvalue weighted by atomic mass is 19.1. The molecule has 23 heavy (non-hydrogen) atoms. The van der Waals surface area contributed by atoms with Crippen LogP contribution in [0.5, 0.6) is 5.75 Å². The summed E-state index contributed by atoms with van der Waals surface area (Å²) < 4.78 is 18.8. The van der Waals surface area contributed by atoms with Crippen molar-refractivity contribution in [3.05, 3.63) is 64.5 Å². The van der Waals surface area contributed by atoms with Crippen LogP contribution >= 0.6 is 0 Å². The van der Waals surface area contributed by atoms with Crippen molar-refractivity contribution in [1.29, 1.82) is 0 Å². The van der Waals surface area contributed by atoms with Crippen LogP contribution in [0.15, 0.2) is 36.4 Å². The van der Waals surface area contributed by atoms with Gasteiger partial charge in [-0.3, -0.25) is 4.79 Å². The number of hydrogen-bond acceptors (Lipinski definition) is 3. The molecule has 2 aromatic rings. The standard InChI is InChI=1S/C18H20FNO3/c1-12-3-4-13(8-17(12)23-2)9-18(22)20-10-14-5-6-15(11-21)16(19)7-14/h3-8,21H,9-11H2,1-2H3,(H,20,22). The second-order valence-electron chi connectivity index (χ2n) is 5.34. The highest BCUT2D eigenvalue weighted by Gasteiger charge is 2.07. The van der Waals surface area contributed by atoms with Gasteiger partial charge in [-0.25, -0.2) is 4.39 Å². The Balaban J connectivity index is 1.93. The van der Waals surface area contributed by atoms with Crippen LogP contribution in [0, 0.1) is 12.7 Å². The highest BCUT2D eigenvalue weighted by molar-refractivity contribution is 5.78. The summed E-state index contributed by atoms with van der Waals surface area (Å²) in [6.45, 7) is 1.84. The van der Waals surface area contributed by atoms with Crippen molar-refractivity contribution < 1.29 is 19.0 Å². The number of amides is 1. The Kier molecular flexibility index (Phi) is 5.71. The summed E-state index contributed by atoms with van der Waals surface area (Å²) in [5, 5.41) is 11.7. The third-order valence-electron chi connectivity index (χ3n) is 3.61. The molecule has 0 aliphatic rings. The van der Waals surface area contributed by atoms with Crippen LogP contribution in [0.25, 0.3) is 0 Å². The molecule has 0 aromatic heterocycles. The van der Waals surface area contributed by atoms with Gasteiger partial charge in [0.25, 0.3) is 0 Å². The molecule has 2 rings (SSSR count). The van der Waals surface area contributed by atoms with E-state index in [4.69, 9.17) is 9.84 Å². The minimum absolute atomic E-state index is 0.150. The third-order valence-corrected chi connectivity index (χ3v) is 3.61. The van der Waals surface area contributed by atoms with Gasteiger partial charge in [0.1, 0.15) is 11.6 Å². The lowest BCUT2D eigenvalue weighted by atomic mass is 10.1. The van der Waals surface area contributed by atoms with E-state index in [2.05, 4.69) is 5.32 Å².